The van der Waals surface area contributed by atoms with Crippen LogP contribution in [0.15, 0.2) is 43.0 Å². The van der Waals surface area contributed by atoms with Crippen LogP contribution in [0.4, 0.5) is 0 Å². The topological polar surface area (TPSA) is 90.6 Å². The molecule has 0 bridgehead atoms. The lowest BCUT2D eigenvalue weighted by atomic mass is 10.2. The molecule has 1 aromatic carbocycles. The second-order valence-electron chi connectivity index (χ2n) is 4.68. The summed E-state index contributed by atoms with van der Waals surface area (Å²) in [5, 5.41) is 12.1. The third-order valence-corrected chi connectivity index (χ3v) is 6.96. The number of thiazole rings is 1. The van der Waals surface area contributed by atoms with Gasteiger partial charge in [-0.2, -0.15) is 4.68 Å². The lowest BCUT2D eigenvalue weighted by Crippen LogP contribution is -2.00. The van der Waals surface area contributed by atoms with Crippen LogP contribution in [-0.2, 0) is 9.84 Å². The molecule has 7 nitrogen and oxygen atoms in total. The molecule has 23 heavy (non-hydrogen) atoms. The van der Waals surface area contributed by atoms with Gasteiger partial charge in [-0.05, 0) is 46.8 Å². The second-order valence-corrected chi connectivity index (χ2v) is 9.65. The number of tetrazole rings is 1. The molecular weight excluding hydrogens is 374 g/mol. The summed E-state index contributed by atoms with van der Waals surface area (Å²) in [5.74, 6) is 0. The first-order chi connectivity index (χ1) is 10.8. The highest BCUT2D eigenvalue weighted by Crippen LogP contribution is 2.33. The average Bonchev–Trinajstić information content (AvgIpc) is 3.08. The van der Waals surface area contributed by atoms with Crippen LogP contribution in [-0.4, -0.2) is 39.9 Å². The van der Waals surface area contributed by atoms with Crippen LogP contribution in [0.25, 0.3) is 5.69 Å². The third kappa shape index (κ3) is 3.57. The van der Waals surface area contributed by atoms with E-state index in [0.29, 0.717) is 9.50 Å². The zero-order valence-corrected chi connectivity index (χ0v) is 15.4. The van der Waals surface area contributed by atoms with Gasteiger partial charge in [0.1, 0.15) is 4.21 Å². The van der Waals surface area contributed by atoms with Gasteiger partial charge in [-0.15, -0.1) is 17.7 Å². The van der Waals surface area contributed by atoms with E-state index in [1.807, 2.05) is 25.1 Å². The Morgan fingerprint density at radius 1 is 1.35 bits per heavy atom. The highest BCUT2D eigenvalue weighted by atomic mass is 32.2. The first-order valence-corrected chi connectivity index (χ1v) is 10.2. The summed E-state index contributed by atoms with van der Waals surface area (Å²) in [4.78, 5) is 4.85. The average molecular weight is 386 g/mol. The molecule has 11 heteroatoms. The van der Waals surface area contributed by atoms with Gasteiger partial charge in [-0.1, -0.05) is 17.4 Å². The maximum Gasteiger partial charge on any atom is 0.221 e. The Morgan fingerprint density at radius 2 is 2.13 bits per heavy atom. The van der Waals surface area contributed by atoms with Crippen LogP contribution in [0.3, 0.4) is 0 Å². The normalized spacial score (nSPS) is 11.8. The van der Waals surface area contributed by atoms with Crippen LogP contribution in [0.5, 0.6) is 0 Å². The summed E-state index contributed by atoms with van der Waals surface area (Å²) in [6, 6.07) is 5.73. The molecule has 0 radical (unpaired) electrons. The quantitative estimate of drug-likeness (QED) is 0.689. The molecule has 3 aromatic rings. The van der Waals surface area contributed by atoms with Crippen molar-refractivity contribution < 1.29 is 8.42 Å². The lowest BCUT2D eigenvalue weighted by molar-refractivity contribution is 0.603. The van der Waals surface area contributed by atoms with E-state index in [4.69, 9.17) is 0 Å². The Balaban J connectivity index is 1.94. The van der Waals surface area contributed by atoms with Gasteiger partial charge in [0.2, 0.25) is 5.16 Å². The molecule has 0 amide bonds. The zero-order valence-electron chi connectivity index (χ0n) is 12.0. The predicted molar refractivity (Wildman–Crippen MR) is 90.5 cm³/mol. The molecule has 0 unspecified atom stereocenters. The molecular formula is C12H11N5O2S4. The van der Waals surface area contributed by atoms with Crippen molar-refractivity contribution in [2.24, 2.45) is 0 Å². The summed E-state index contributed by atoms with van der Waals surface area (Å²) >= 11 is 6.74. The summed E-state index contributed by atoms with van der Waals surface area (Å²) in [7, 11) is -3.26. The number of hydrogen-bond acceptors (Lipinski definition) is 9. The van der Waals surface area contributed by atoms with Crippen molar-refractivity contribution in [1.82, 2.24) is 25.2 Å². The molecule has 0 fully saturated rings. The number of nitrogens with zero attached hydrogens (tertiary/aromatic N) is 5. The summed E-state index contributed by atoms with van der Waals surface area (Å²) < 4.78 is 25.4. The highest BCUT2D eigenvalue weighted by Gasteiger charge is 2.17. The van der Waals surface area contributed by atoms with E-state index in [0.717, 1.165) is 33.7 Å². The van der Waals surface area contributed by atoms with Crippen LogP contribution in [0.2, 0.25) is 0 Å². The summed E-state index contributed by atoms with van der Waals surface area (Å²) in [5.41, 5.74) is 1.82. The molecule has 3 rings (SSSR count). The molecule has 0 N–H and O–H groups in total. The van der Waals surface area contributed by atoms with Crippen molar-refractivity contribution in [3.05, 3.63) is 30.0 Å². The zero-order chi connectivity index (χ0) is 16.6. The Labute approximate surface area is 146 Å². The molecule has 0 aliphatic heterocycles. The molecule has 0 aliphatic carbocycles. The SMILES string of the molecule is Cc1ccc(-n2nnnc2Sc2ncc(S(C)(=O)=O)s2)c(S)c1. The monoisotopic (exact) mass is 385 g/mol. The number of aromatic nitrogens is 5. The predicted octanol–water partition coefficient (Wildman–Crippen LogP) is 2.27. The van der Waals surface area contributed by atoms with Gasteiger partial charge >= 0.3 is 0 Å². The van der Waals surface area contributed by atoms with Crippen LogP contribution in [0, 0.1) is 6.92 Å². The van der Waals surface area contributed by atoms with E-state index in [1.54, 1.807) is 4.68 Å². The van der Waals surface area contributed by atoms with Gasteiger partial charge < -0.3 is 0 Å². The molecule has 120 valence electrons. The highest BCUT2D eigenvalue weighted by molar-refractivity contribution is 8.01. The van der Waals surface area contributed by atoms with Gasteiger partial charge in [0, 0.05) is 11.2 Å². The maximum absolute atomic E-state index is 11.5. The van der Waals surface area contributed by atoms with Gasteiger partial charge in [-0.3, -0.25) is 0 Å². The number of benzene rings is 1. The summed E-state index contributed by atoms with van der Waals surface area (Å²) in [6.07, 6.45) is 2.49. The van der Waals surface area contributed by atoms with E-state index in [9.17, 15) is 8.42 Å². The van der Waals surface area contributed by atoms with E-state index in [2.05, 4.69) is 33.1 Å². The Morgan fingerprint density at radius 3 is 2.78 bits per heavy atom. The van der Waals surface area contributed by atoms with Gasteiger partial charge in [0.25, 0.3) is 0 Å². The van der Waals surface area contributed by atoms with Gasteiger partial charge in [0.05, 0.1) is 11.9 Å². The first kappa shape index (κ1) is 16.4. The van der Waals surface area contributed by atoms with Gasteiger partial charge in [-0.25, -0.2) is 13.4 Å². The molecule has 0 aliphatic rings. The standard InChI is InChI=1S/C12H11N5O2S4/c1-7-3-4-8(9(20)5-7)17-11(14-15-16-17)22-12-13-6-10(21-12)23(2,18)19/h3-6,20H,1-2H3. The first-order valence-electron chi connectivity index (χ1n) is 6.27. The van der Waals surface area contributed by atoms with Crippen molar-refractivity contribution >= 4 is 45.6 Å². The molecule has 0 saturated heterocycles. The van der Waals surface area contributed by atoms with Crippen molar-refractivity contribution in [2.75, 3.05) is 6.26 Å². The molecule has 0 saturated carbocycles. The Hall–Kier alpha value is -1.43. The van der Waals surface area contributed by atoms with Crippen LogP contribution >= 0.6 is 35.7 Å². The molecule has 0 spiro atoms. The third-order valence-electron chi connectivity index (χ3n) is 2.81. The maximum atomic E-state index is 11.5. The number of aryl methyl sites for hydroxylation is 1. The van der Waals surface area contributed by atoms with Crippen molar-refractivity contribution in [3.8, 4) is 5.69 Å². The van der Waals surface area contributed by atoms with Crippen LogP contribution in [0.1, 0.15) is 5.56 Å². The minimum atomic E-state index is -3.26. The summed E-state index contributed by atoms with van der Waals surface area (Å²) in [6.45, 7) is 1.97. The van der Waals surface area contributed by atoms with Crippen LogP contribution < -0.4 is 0 Å². The largest absolute Gasteiger partial charge is 0.236 e. The smallest absolute Gasteiger partial charge is 0.221 e. The lowest BCUT2D eigenvalue weighted by Gasteiger charge is -2.06. The van der Waals surface area contributed by atoms with E-state index >= 15 is 0 Å². The second kappa shape index (κ2) is 6.23. The Bertz CT molecular complexity index is 963. The number of thiol groups is 1. The van der Waals surface area contributed by atoms with Gasteiger partial charge in [0.15, 0.2) is 14.2 Å². The number of rotatable bonds is 4. The fourth-order valence-corrected chi connectivity index (χ4v) is 4.97. The minimum absolute atomic E-state index is 0.212. The molecule has 2 heterocycles. The Kier molecular flexibility index (Phi) is 4.45. The van der Waals surface area contributed by atoms with E-state index in [1.165, 1.54) is 18.0 Å². The molecule has 2 aromatic heterocycles. The fourth-order valence-electron chi connectivity index (χ4n) is 1.75. The number of sulfone groups is 1. The van der Waals surface area contributed by atoms with Crippen molar-refractivity contribution in [1.29, 1.82) is 0 Å². The molecule has 0 atom stereocenters. The fraction of sp³-hybridized carbons (Fsp3) is 0.167. The van der Waals surface area contributed by atoms with Crippen molar-refractivity contribution in [3.63, 3.8) is 0 Å². The van der Waals surface area contributed by atoms with Crippen molar-refractivity contribution in [2.45, 2.75) is 25.5 Å². The van der Waals surface area contributed by atoms with E-state index in [-0.39, 0.29) is 4.21 Å². The minimum Gasteiger partial charge on any atom is -0.236 e. The van der Waals surface area contributed by atoms with E-state index < -0.39 is 9.84 Å². The number of hydrogen-bond donors (Lipinski definition) is 1.